The zero-order chi connectivity index (χ0) is 33.6. The average Bonchev–Trinajstić information content (AvgIpc) is 3.06. The normalized spacial score (nSPS) is 18.7. The van der Waals surface area contributed by atoms with Gasteiger partial charge in [-0.05, 0) is 49.5 Å². The number of carbonyl (C=O) groups is 4. The molecule has 250 valence electrons. The molecule has 2 aromatic carbocycles. The molecular formula is C35H44F3N3O5. The fourth-order valence-electron chi connectivity index (χ4n) is 6.70. The zero-order valence-corrected chi connectivity index (χ0v) is 26.5. The quantitative estimate of drug-likeness (QED) is 0.305. The van der Waals surface area contributed by atoms with Crippen LogP contribution in [0.2, 0.25) is 0 Å². The van der Waals surface area contributed by atoms with Gasteiger partial charge in [-0.2, -0.15) is 13.2 Å². The van der Waals surface area contributed by atoms with Gasteiger partial charge in [-0.3, -0.25) is 14.4 Å². The maximum Gasteiger partial charge on any atom is 0.490 e. The van der Waals surface area contributed by atoms with Gasteiger partial charge in [0.1, 0.15) is 0 Å². The Morgan fingerprint density at radius 1 is 0.870 bits per heavy atom. The molecule has 2 aliphatic heterocycles. The van der Waals surface area contributed by atoms with Crippen LogP contribution in [0.1, 0.15) is 97.1 Å². The lowest BCUT2D eigenvalue weighted by atomic mass is 9.82. The van der Waals surface area contributed by atoms with Gasteiger partial charge < -0.3 is 20.6 Å². The number of alkyl halides is 3. The SMILES string of the molecule is CC[C@@H](C)[C@H](N)C(=O)N1CCC(CCCC2CCN(c3cccc4c3C(=O)c3ccccc3C4=O)CC2)CC1.O=C(O)C(F)(F)F. The van der Waals surface area contributed by atoms with Crippen molar-refractivity contribution in [2.45, 2.75) is 77.4 Å². The van der Waals surface area contributed by atoms with Gasteiger partial charge in [-0.1, -0.05) is 75.9 Å². The number of aliphatic carboxylic acids is 1. The van der Waals surface area contributed by atoms with E-state index in [0.29, 0.717) is 34.1 Å². The lowest BCUT2D eigenvalue weighted by molar-refractivity contribution is -0.192. The van der Waals surface area contributed by atoms with Gasteiger partial charge in [0.25, 0.3) is 0 Å². The molecule has 5 rings (SSSR count). The summed E-state index contributed by atoms with van der Waals surface area (Å²) in [6, 6.07) is 12.5. The van der Waals surface area contributed by atoms with E-state index >= 15 is 0 Å². The highest BCUT2D eigenvalue weighted by atomic mass is 19.4. The number of fused-ring (bicyclic) bond motifs is 2. The number of rotatable bonds is 8. The van der Waals surface area contributed by atoms with E-state index in [4.69, 9.17) is 15.6 Å². The highest BCUT2D eigenvalue weighted by molar-refractivity contribution is 6.30. The van der Waals surface area contributed by atoms with Crippen molar-refractivity contribution in [2.24, 2.45) is 23.5 Å². The van der Waals surface area contributed by atoms with Crippen molar-refractivity contribution in [3.63, 3.8) is 0 Å². The van der Waals surface area contributed by atoms with Crippen molar-refractivity contribution in [3.8, 4) is 0 Å². The molecule has 11 heteroatoms. The summed E-state index contributed by atoms with van der Waals surface area (Å²) in [7, 11) is 0. The lowest BCUT2D eigenvalue weighted by Crippen LogP contribution is -2.49. The molecule has 8 nitrogen and oxygen atoms in total. The van der Waals surface area contributed by atoms with Crippen molar-refractivity contribution < 1.29 is 37.5 Å². The summed E-state index contributed by atoms with van der Waals surface area (Å²) in [6.45, 7) is 7.68. The third kappa shape index (κ3) is 8.15. The van der Waals surface area contributed by atoms with Crippen LogP contribution in [-0.4, -0.2) is 71.8 Å². The molecule has 2 fully saturated rings. The molecule has 0 aromatic heterocycles. The number of piperidine rings is 2. The van der Waals surface area contributed by atoms with Crippen molar-refractivity contribution in [3.05, 3.63) is 64.7 Å². The van der Waals surface area contributed by atoms with Crippen LogP contribution in [0.5, 0.6) is 0 Å². The van der Waals surface area contributed by atoms with Crippen molar-refractivity contribution in [1.29, 1.82) is 0 Å². The highest BCUT2D eigenvalue weighted by Crippen LogP contribution is 2.36. The van der Waals surface area contributed by atoms with Crippen LogP contribution >= 0.6 is 0 Å². The predicted octanol–water partition coefficient (Wildman–Crippen LogP) is 6.09. The molecule has 0 radical (unpaired) electrons. The fraction of sp³-hybridized carbons (Fsp3) is 0.543. The number of halogens is 3. The van der Waals surface area contributed by atoms with Gasteiger partial charge in [-0.25, -0.2) is 4.79 Å². The van der Waals surface area contributed by atoms with Gasteiger partial charge >= 0.3 is 12.1 Å². The van der Waals surface area contributed by atoms with Crippen LogP contribution < -0.4 is 10.6 Å². The van der Waals surface area contributed by atoms with Crippen LogP contribution in [0.3, 0.4) is 0 Å². The number of carbonyl (C=O) groups excluding carboxylic acids is 3. The second-order valence-corrected chi connectivity index (χ2v) is 12.7. The molecule has 1 aliphatic carbocycles. The minimum atomic E-state index is -5.08. The van der Waals surface area contributed by atoms with Crippen molar-refractivity contribution in [2.75, 3.05) is 31.1 Å². The topological polar surface area (TPSA) is 121 Å². The number of nitrogens with zero attached hydrogens (tertiary/aromatic N) is 2. The number of hydrogen-bond acceptors (Lipinski definition) is 6. The summed E-state index contributed by atoms with van der Waals surface area (Å²) in [4.78, 5) is 52.4. The third-order valence-electron chi connectivity index (χ3n) is 9.82. The van der Waals surface area contributed by atoms with Gasteiger partial charge in [0.05, 0.1) is 11.6 Å². The van der Waals surface area contributed by atoms with E-state index in [0.717, 1.165) is 64.0 Å². The molecule has 2 aromatic rings. The molecule has 3 N–H and O–H groups in total. The smallest absolute Gasteiger partial charge is 0.475 e. The number of carboxylic acids is 1. The predicted molar refractivity (Wildman–Crippen MR) is 169 cm³/mol. The largest absolute Gasteiger partial charge is 0.490 e. The Morgan fingerprint density at radius 3 is 1.89 bits per heavy atom. The molecule has 2 atom stereocenters. The third-order valence-corrected chi connectivity index (χ3v) is 9.82. The van der Waals surface area contributed by atoms with E-state index < -0.39 is 12.1 Å². The second kappa shape index (κ2) is 15.2. The van der Waals surface area contributed by atoms with E-state index in [2.05, 4.69) is 18.7 Å². The van der Waals surface area contributed by atoms with E-state index in [1.807, 2.05) is 29.2 Å². The van der Waals surface area contributed by atoms with E-state index in [1.54, 1.807) is 18.2 Å². The minimum absolute atomic E-state index is 0.0347. The Morgan fingerprint density at radius 2 is 1.37 bits per heavy atom. The number of likely N-dealkylation sites (tertiary alicyclic amines) is 1. The maximum absolute atomic E-state index is 13.4. The first-order valence-electron chi connectivity index (χ1n) is 16.2. The molecule has 2 saturated heterocycles. The number of ketones is 2. The van der Waals surface area contributed by atoms with Crippen molar-refractivity contribution in [1.82, 2.24) is 4.90 Å². The summed E-state index contributed by atoms with van der Waals surface area (Å²) in [6.07, 6.45) is 3.97. The minimum Gasteiger partial charge on any atom is -0.475 e. The summed E-state index contributed by atoms with van der Waals surface area (Å²) in [5.41, 5.74) is 9.24. The average molecular weight is 644 g/mol. The molecule has 0 unspecified atom stereocenters. The Balaban J connectivity index is 0.000000617. The number of amides is 1. The lowest BCUT2D eigenvalue weighted by Gasteiger charge is -2.36. The highest BCUT2D eigenvalue weighted by Gasteiger charge is 2.38. The number of benzene rings is 2. The standard InChI is InChI=1S/C33H43N3O3.C2HF3O2/c1-3-22(2)30(34)33(39)36-20-16-24(17-21-36)9-6-8-23-14-18-35(19-15-23)28-13-7-12-27-29(28)32(38)26-11-5-4-10-25(26)31(27)37;3-2(4,5)1(6)7/h4-5,7,10-13,22-24,30H,3,6,8-9,14-21,34H2,1-2H3;(H,6,7)/t22-,30+;/m1./s1. The molecule has 3 aliphatic rings. The number of anilines is 1. The number of carboxylic acid groups (broad SMARTS) is 1. The summed E-state index contributed by atoms with van der Waals surface area (Å²) >= 11 is 0. The van der Waals surface area contributed by atoms with Gasteiger partial charge in [-0.15, -0.1) is 0 Å². The molecule has 46 heavy (non-hydrogen) atoms. The molecular weight excluding hydrogens is 599 g/mol. The number of nitrogens with two attached hydrogens (primary N) is 1. The number of hydrogen-bond donors (Lipinski definition) is 2. The van der Waals surface area contributed by atoms with Gasteiger partial charge in [0.15, 0.2) is 11.6 Å². The van der Waals surface area contributed by atoms with E-state index in [1.165, 1.54) is 19.3 Å². The van der Waals surface area contributed by atoms with Gasteiger partial charge in [0, 0.05) is 48.6 Å². The van der Waals surface area contributed by atoms with Crippen LogP contribution in [0.4, 0.5) is 18.9 Å². The zero-order valence-electron chi connectivity index (χ0n) is 26.5. The summed E-state index contributed by atoms with van der Waals surface area (Å²) in [5, 5.41) is 7.12. The molecule has 1 amide bonds. The van der Waals surface area contributed by atoms with E-state index in [-0.39, 0.29) is 29.4 Å². The van der Waals surface area contributed by atoms with E-state index in [9.17, 15) is 27.6 Å². The first kappa shape index (κ1) is 35.1. The summed E-state index contributed by atoms with van der Waals surface area (Å²) in [5.74, 6) is -1.08. The molecule has 0 bridgehead atoms. The Kier molecular flexibility index (Phi) is 11.6. The van der Waals surface area contributed by atoms with Crippen LogP contribution in [-0.2, 0) is 9.59 Å². The Hall–Kier alpha value is -3.73. The monoisotopic (exact) mass is 643 g/mol. The first-order valence-corrected chi connectivity index (χ1v) is 16.2. The fourth-order valence-corrected chi connectivity index (χ4v) is 6.70. The Bertz CT molecular complexity index is 1410. The molecule has 0 spiro atoms. The maximum atomic E-state index is 13.4. The summed E-state index contributed by atoms with van der Waals surface area (Å²) < 4.78 is 31.7. The Labute approximate surface area is 268 Å². The van der Waals surface area contributed by atoms with Crippen LogP contribution in [0.15, 0.2) is 42.5 Å². The van der Waals surface area contributed by atoms with Crippen LogP contribution in [0.25, 0.3) is 0 Å². The first-order chi connectivity index (χ1) is 21.8. The van der Waals surface area contributed by atoms with Crippen molar-refractivity contribution >= 4 is 29.1 Å². The van der Waals surface area contributed by atoms with Crippen LogP contribution in [0, 0.1) is 17.8 Å². The second-order valence-electron chi connectivity index (χ2n) is 12.7. The van der Waals surface area contributed by atoms with Gasteiger partial charge in [0.2, 0.25) is 5.91 Å². The molecule has 0 saturated carbocycles. The molecule has 2 heterocycles.